The Morgan fingerprint density at radius 1 is 0.851 bits per heavy atom. The summed E-state index contributed by atoms with van der Waals surface area (Å²) >= 11 is 6.27. The van der Waals surface area contributed by atoms with Crippen LogP contribution in [0.15, 0.2) is 42.6 Å². The Hall–Kier alpha value is -3.58. The molecular weight excluding hydrogens is 608 g/mol. The highest BCUT2D eigenvalue weighted by molar-refractivity contribution is 6.31. The molecule has 2 aromatic carbocycles. The number of aryl methyl sites for hydroxylation is 1. The number of carbonyl (C=O) groups excluding carboxylic acids is 2. The summed E-state index contributed by atoms with van der Waals surface area (Å²) in [5.74, 6) is 0.366. The van der Waals surface area contributed by atoms with Crippen LogP contribution < -0.4 is 15.4 Å². The summed E-state index contributed by atoms with van der Waals surface area (Å²) in [7, 11) is 0. The Balaban J connectivity index is 0.881. The van der Waals surface area contributed by atoms with E-state index in [2.05, 4.69) is 21.7 Å². The minimum absolute atomic E-state index is 0.0361. The molecule has 0 saturated carbocycles. The second kappa shape index (κ2) is 18.1. The summed E-state index contributed by atoms with van der Waals surface area (Å²) in [4.78, 5) is 31.8. The van der Waals surface area contributed by atoms with E-state index in [0.29, 0.717) is 18.7 Å². The number of fused-ring (bicyclic) bond motifs is 3. The molecule has 47 heavy (non-hydrogen) atoms. The fourth-order valence-electron chi connectivity index (χ4n) is 6.78. The zero-order valence-corrected chi connectivity index (χ0v) is 28.8. The highest BCUT2D eigenvalue weighted by Gasteiger charge is 2.18. The number of amides is 1. The number of halogens is 1. The second-order valence-electron chi connectivity index (χ2n) is 13.1. The molecule has 0 atom stereocenters. The van der Waals surface area contributed by atoms with Gasteiger partial charge in [0.1, 0.15) is 5.75 Å². The number of esters is 1. The fourth-order valence-corrected chi connectivity index (χ4v) is 6.95. The van der Waals surface area contributed by atoms with Crippen molar-refractivity contribution in [3.63, 3.8) is 0 Å². The van der Waals surface area contributed by atoms with E-state index < -0.39 is 0 Å². The Labute approximate surface area is 284 Å². The van der Waals surface area contributed by atoms with Crippen molar-refractivity contribution in [2.75, 3.05) is 18.4 Å². The van der Waals surface area contributed by atoms with Gasteiger partial charge >= 0.3 is 5.97 Å². The van der Waals surface area contributed by atoms with Crippen LogP contribution in [0.5, 0.6) is 5.75 Å². The van der Waals surface area contributed by atoms with Crippen molar-refractivity contribution in [2.45, 2.75) is 116 Å². The van der Waals surface area contributed by atoms with E-state index in [4.69, 9.17) is 21.3 Å². The first-order valence-corrected chi connectivity index (χ1v) is 18.3. The van der Waals surface area contributed by atoms with Crippen LogP contribution in [-0.2, 0) is 28.9 Å². The number of aromatic amines is 1. The van der Waals surface area contributed by atoms with Gasteiger partial charge in [0.15, 0.2) is 0 Å². The van der Waals surface area contributed by atoms with Crippen molar-refractivity contribution in [3.8, 4) is 5.75 Å². The number of hydrogen-bond donors (Lipinski definition) is 3. The van der Waals surface area contributed by atoms with E-state index in [-0.39, 0.29) is 11.9 Å². The van der Waals surface area contributed by atoms with Gasteiger partial charge in [0.2, 0.25) is 5.91 Å². The molecule has 1 aliphatic rings. The maximum atomic E-state index is 12.4. The van der Waals surface area contributed by atoms with Gasteiger partial charge in [-0.3, -0.25) is 14.6 Å². The van der Waals surface area contributed by atoms with Crippen LogP contribution >= 0.6 is 11.6 Å². The molecule has 1 amide bonds. The van der Waals surface area contributed by atoms with E-state index in [1.54, 1.807) is 0 Å². The van der Waals surface area contributed by atoms with E-state index in [1.807, 2.05) is 36.5 Å². The molecule has 0 bridgehead atoms. The fraction of sp³-hybridized carbons (Fsp3) is 0.513. The molecule has 252 valence electrons. The van der Waals surface area contributed by atoms with Crippen molar-refractivity contribution >= 4 is 51.0 Å². The minimum atomic E-state index is -0.173. The van der Waals surface area contributed by atoms with Gasteiger partial charge in [-0.2, -0.15) is 0 Å². The highest BCUT2D eigenvalue weighted by Crippen LogP contribution is 2.34. The topological polar surface area (TPSA) is 96.1 Å². The number of aromatic nitrogens is 2. The number of nitrogens with one attached hydrogen (secondary N) is 3. The molecule has 3 N–H and O–H groups in total. The van der Waals surface area contributed by atoms with Gasteiger partial charge in [-0.25, -0.2) is 0 Å². The molecule has 2 aromatic heterocycles. The standard InChI is InChI=1S/C39H51ClN4O3/c1-28(45)41-24-22-29-27-43-35-21-19-31(26-34(29)35)47-38(46)17-11-9-7-5-3-2-4-6-8-10-14-23-42-39-32-15-12-13-16-36(32)44-37-25-30(40)18-20-33(37)39/h18-21,25-27,43H,2-17,22-24H2,1H3,(H,41,45)(H,42,44). The molecule has 7 nitrogen and oxygen atoms in total. The van der Waals surface area contributed by atoms with Crippen LogP contribution in [0.1, 0.15) is 114 Å². The zero-order valence-electron chi connectivity index (χ0n) is 28.0. The number of benzene rings is 2. The number of anilines is 1. The highest BCUT2D eigenvalue weighted by atomic mass is 35.5. The van der Waals surface area contributed by atoms with Gasteiger partial charge in [0, 0.05) is 65.3 Å². The summed E-state index contributed by atoms with van der Waals surface area (Å²) in [5.41, 5.74) is 7.07. The van der Waals surface area contributed by atoms with Crippen molar-refractivity contribution in [3.05, 3.63) is 64.4 Å². The predicted molar refractivity (Wildman–Crippen MR) is 194 cm³/mol. The molecule has 5 rings (SSSR count). The maximum Gasteiger partial charge on any atom is 0.311 e. The number of H-pyrrole nitrogens is 1. The number of ether oxygens (including phenoxy) is 1. The summed E-state index contributed by atoms with van der Waals surface area (Å²) in [6.07, 6.45) is 21.1. The molecule has 0 spiro atoms. The summed E-state index contributed by atoms with van der Waals surface area (Å²) in [5, 5.41) is 9.58. The molecular formula is C39H51ClN4O3. The number of rotatable bonds is 19. The summed E-state index contributed by atoms with van der Waals surface area (Å²) in [6, 6.07) is 11.8. The van der Waals surface area contributed by atoms with E-state index >= 15 is 0 Å². The molecule has 4 aromatic rings. The minimum Gasteiger partial charge on any atom is -0.427 e. The molecule has 0 radical (unpaired) electrons. The largest absolute Gasteiger partial charge is 0.427 e. The lowest BCUT2D eigenvalue weighted by Crippen LogP contribution is -2.22. The average molecular weight is 659 g/mol. The third kappa shape index (κ3) is 10.5. The van der Waals surface area contributed by atoms with Gasteiger partial charge in [-0.1, -0.05) is 69.4 Å². The van der Waals surface area contributed by atoms with Crippen molar-refractivity contribution in [1.29, 1.82) is 0 Å². The van der Waals surface area contributed by atoms with Crippen molar-refractivity contribution in [1.82, 2.24) is 15.3 Å². The Bertz CT molecular complexity index is 1630. The van der Waals surface area contributed by atoms with Crippen LogP contribution in [0, 0.1) is 0 Å². The lowest BCUT2D eigenvalue weighted by atomic mass is 9.92. The molecule has 0 unspecified atom stereocenters. The monoisotopic (exact) mass is 658 g/mol. The number of pyridine rings is 1. The first-order chi connectivity index (χ1) is 23.0. The predicted octanol–water partition coefficient (Wildman–Crippen LogP) is 9.63. The van der Waals surface area contributed by atoms with Gasteiger partial charge in [-0.15, -0.1) is 0 Å². The maximum absolute atomic E-state index is 12.4. The van der Waals surface area contributed by atoms with Crippen LogP contribution in [-0.4, -0.2) is 34.9 Å². The molecule has 8 heteroatoms. The van der Waals surface area contributed by atoms with Crippen LogP contribution in [0.4, 0.5) is 5.69 Å². The molecule has 0 aliphatic heterocycles. The Morgan fingerprint density at radius 3 is 2.34 bits per heavy atom. The van der Waals surface area contributed by atoms with Crippen LogP contribution in [0.3, 0.4) is 0 Å². The lowest BCUT2D eigenvalue weighted by Gasteiger charge is -2.22. The van der Waals surface area contributed by atoms with E-state index in [0.717, 1.165) is 65.7 Å². The zero-order chi connectivity index (χ0) is 32.8. The lowest BCUT2D eigenvalue weighted by molar-refractivity contribution is -0.134. The van der Waals surface area contributed by atoms with Crippen LogP contribution in [0.2, 0.25) is 5.02 Å². The van der Waals surface area contributed by atoms with E-state index in [9.17, 15) is 9.59 Å². The molecule has 0 fully saturated rings. The van der Waals surface area contributed by atoms with Crippen molar-refractivity contribution < 1.29 is 14.3 Å². The first-order valence-electron chi connectivity index (χ1n) is 17.9. The first kappa shape index (κ1) is 34.7. The molecule has 2 heterocycles. The Kier molecular flexibility index (Phi) is 13.4. The third-order valence-corrected chi connectivity index (χ3v) is 9.56. The molecule has 1 aliphatic carbocycles. The number of unbranched alkanes of at least 4 members (excludes halogenated alkanes) is 10. The quantitative estimate of drug-likeness (QED) is 0.0530. The van der Waals surface area contributed by atoms with Gasteiger partial charge in [-0.05, 0) is 92.5 Å². The SMILES string of the molecule is CC(=O)NCCc1c[nH]c2ccc(OC(=O)CCCCCCCCCCCCCNc3c4c(nc5cc(Cl)ccc35)CCCC4)cc12. The third-order valence-electron chi connectivity index (χ3n) is 9.32. The summed E-state index contributed by atoms with van der Waals surface area (Å²) in [6.45, 7) is 3.10. The molecule has 0 saturated heterocycles. The number of carbonyl (C=O) groups is 2. The van der Waals surface area contributed by atoms with Crippen molar-refractivity contribution in [2.24, 2.45) is 0 Å². The van der Waals surface area contributed by atoms with Gasteiger partial charge < -0.3 is 20.4 Å². The van der Waals surface area contributed by atoms with Gasteiger partial charge in [0.25, 0.3) is 0 Å². The van der Waals surface area contributed by atoms with Gasteiger partial charge in [0.05, 0.1) is 5.52 Å². The number of hydrogen-bond acceptors (Lipinski definition) is 5. The Morgan fingerprint density at radius 2 is 1.57 bits per heavy atom. The average Bonchev–Trinajstić information content (AvgIpc) is 3.46. The summed E-state index contributed by atoms with van der Waals surface area (Å²) < 4.78 is 5.63. The van der Waals surface area contributed by atoms with Crippen LogP contribution in [0.25, 0.3) is 21.8 Å². The van der Waals surface area contributed by atoms with E-state index in [1.165, 1.54) is 99.9 Å². The smallest absolute Gasteiger partial charge is 0.311 e. The second-order valence-corrected chi connectivity index (χ2v) is 13.5. The normalized spacial score (nSPS) is 12.7. The number of nitrogens with zero attached hydrogens (tertiary/aromatic N) is 1.